The zero-order valence-corrected chi connectivity index (χ0v) is 13.8. The molecule has 134 valence electrons. The number of carboxylic acid groups (broad SMARTS) is 1. The van der Waals surface area contributed by atoms with Crippen molar-refractivity contribution in [1.82, 2.24) is 0 Å². The summed E-state index contributed by atoms with van der Waals surface area (Å²) in [5.41, 5.74) is -0.767. The Labute approximate surface area is 137 Å². The Kier molecular flexibility index (Phi) is 12.5. The van der Waals surface area contributed by atoms with Gasteiger partial charge < -0.3 is 9.84 Å². The number of cyclic esters (lactones) is 1. The van der Waals surface area contributed by atoms with E-state index in [1.165, 1.54) is 0 Å². The van der Waals surface area contributed by atoms with Crippen molar-refractivity contribution in [2.24, 2.45) is 10.8 Å². The highest BCUT2D eigenvalue weighted by Gasteiger charge is 2.40. The third kappa shape index (κ3) is 8.40. The monoisotopic (exact) mass is 318 g/mol. The number of hydrogen-bond acceptors (Lipinski definition) is 3. The SMILES string of the molecule is C.C.CCC1CC(C)(C)C(=O)O1.CCCCC(C)(C)C(=O)O. The number of hydrogen-bond donors (Lipinski definition) is 1. The van der Waals surface area contributed by atoms with Gasteiger partial charge in [0.15, 0.2) is 0 Å². The van der Waals surface area contributed by atoms with Gasteiger partial charge >= 0.3 is 11.9 Å². The number of carbonyl (C=O) groups excluding carboxylic acids is 1. The number of unbranched alkanes of at least 4 members (excludes halogenated alkanes) is 1. The van der Waals surface area contributed by atoms with Crippen LogP contribution in [-0.4, -0.2) is 23.1 Å². The molecule has 22 heavy (non-hydrogen) atoms. The Morgan fingerprint density at radius 1 is 1.32 bits per heavy atom. The smallest absolute Gasteiger partial charge is 0.311 e. The Balaban J connectivity index is -0.000000301. The summed E-state index contributed by atoms with van der Waals surface area (Å²) in [7, 11) is 0. The Bertz CT molecular complexity index is 330. The lowest BCUT2D eigenvalue weighted by Crippen LogP contribution is -2.23. The molecule has 4 nitrogen and oxygen atoms in total. The molecule has 0 amide bonds. The van der Waals surface area contributed by atoms with Gasteiger partial charge in [-0.3, -0.25) is 9.59 Å². The molecule has 1 fully saturated rings. The van der Waals surface area contributed by atoms with Crippen LogP contribution in [0, 0.1) is 10.8 Å². The van der Waals surface area contributed by atoms with Gasteiger partial charge in [-0.25, -0.2) is 0 Å². The largest absolute Gasteiger partial charge is 0.481 e. The Morgan fingerprint density at radius 2 is 1.82 bits per heavy atom. The van der Waals surface area contributed by atoms with Crippen molar-refractivity contribution in [1.29, 1.82) is 0 Å². The average Bonchev–Trinajstić information content (AvgIpc) is 2.61. The highest BCUT2D eigenvalue weighted by molar-refractivity contribution is 5.78. The second kappa shape index (κ2) is 10.6. The topological polar surface area (TPSA) is 63.6 Å². The minimum absolute atomic E-state index is 0. The van der Waals surface area contributed by atoms with Crippen LogP contribution in [0.4, 0.5) is 0 Å². The van der Waals surface area contributed by atoms with E-state index in [-0.39, 0.29) is 32.3 Å². The minimum Gasteiger partial charge on any atom is -0.481 e. The van der Waals surface area contributed by atoms with Crippen LogP contribution in [-0.2, 0) is 14.3 Å². The van der Waals surface area contributed by atoms with Crippen LogP contribution in [0.3, 0.4) is 0 Å². The van der Waals surface area contributed by atoms with Crippen LogP contribution in [0.1, 0.15) is 88.5 Å². The molecule has 0 spiro atoms. The molecule has 0 bridgehead atoms. The van der Waals surface area contributed by atoms with Crippen LogP contribution in [0.5, 0.6) is 0 Å². The average molecular weight is 318 g/mol. The first-order valence-electron chi connectivity index (χ1n) is 7.51. The molecule has 1 aliphatic rings. The highest BCUT2D eigenvalue weighted by atomic mass is 16.6. The van der Waals surface area contributed by atoms with Gasteiger partial charge in [-0.15, -0.1) is 0 Å². The van der Waals surface area contributed by atoms with Crippen LogP contribution in [0.25, 0.3) is 0 Å². The summed E-state index contributed by atoms with van der Waals surface area (Å²) >= 11 is 0. The molecule has 1 saturated heterocycles. The first-order valence-corrected chi connectivity index (χ1v) is 7.51. The van der Waals surface area contributed by atoms with Crippen molar-refractivity contribution in [3.05, 3.63) is 0 Å². The van der Waals surface area contributed by atoms with E-state index in [1.807, 2.05) is 20.8 Å². The van der Waals surface area contributed by atoms with E-state index < -0.39 is 11.4 Å². The second-order valence-electron chi connectivity index (χ2n) is 6.82. The van der Waals surface area contributed by atoms with Crippen LogP contribution in [0.2, 0.25) is 0 Å². The van der Waals surface area contributed by atoms with E-state index in [0.29, 0.717) is 0 Å². The van der Waals surface area contributed by atoms with E-state index in [0.717, 1.165) is 32.1 Å². The lowest BCUT2D eigenvalue weighted by molar-refractivity contribution is -0.148. The predicted octanol–water partition coefficient (Wildman–Crippen LogP) is 5.30. The quantitative estimate of drug-likeness (QED) is 0.699. The fraction of sp³-hybridized carbons (Fsp3) is 0.889. The molecule has 1 unspecified atom stereocenters. The first-order chi connectivity index (χ1) is 9.06. The molecule has 1 aliphatic heterocycles. The Morgan fingerprint density at radius 3 is 2.05 bits per heavy atom. The summed E-state index contributed by atoms with van der Waals surface area (Å²) in [5, 5.41) is 8.67. The molecular weight excluding hydrogens is 280 g/mol. The van der Waals surface area contributed by atoms with Crippen LogP contribution < -0.4 is 0 Å². The summed E-state index contributed by atoms with van der Waals surface area (Å²) in [6.45, 7) is 11.5. The lowest BCUT2D eigenvalue weighted by atomic mass is 9.88. The molecule has 0 radical (unpaired) electrons. The molecule has 0 aromatic heterocycles. The molecule has 4 heteroatoms. The van der Waals surface area contributed by atoms with Crippen molar-refractivity contribution < 1.29 is 19.4 Å². The summed E-state index contributed by atoms with van der Waals surface area (Å²) in [6.07, 6.45) is 4.83. The van der Waals surface area contributed by atoms with Crippen molar-refractivity contribution in [3.8, 4) is 0 Å². The standard InChI is InChI=1S/C8H14O2.C8H16O2.2CH4/c1-4-6-5-8(2,3)7(9)10-6;1-4-5-6-8(2,3)7(9)10;;/h6H,4-5H2,1-3H3;4-6H2,1-3H3,(H,9,10);2*1H4. The predicted molar refractivity (Wildman–Crippen MR) is 93.0 cm³/mol. The molecule has 0 aliphatic carbocycles. The molecule has 1 atom stereocenters. The van der Waals surface area contributed by atoms with Crippen molar-refractivity contribution >= 4 is 11.9 Å². The van der Waals surface area contributed by atoms with E-state index in [4.69, 9.17) is 9.84 Å². The number of aliphatic carboxylic acids is 1. The summed E-state index contributed by atoms with van der Waals surface area (Å²) in [4.78, 5) is 21.6. The van der Waals surface area contributed by atoms with Gasteiger partial charge in [-0.1, -0.05) is 41.5 Å². The molecule has 1 rings (SSSR count). The summed E-state index contributed by atoms with van der Waals surface area (Å²) in [6, 6.07) is 0. The van der Waals surface area contributed by atoms with Crippen molar-refractivity contribution in [3.63, 3.8) is 0 Å². The van der Waals surface area contributed by atoms with E-state index >= 15 is 0 Å². The van der Waals surface area contributed by atoms with Gasteiger partial charge in [0.25, 0.3) is 0 Å². The van der Waals surface area contributed by atoms with Gasteiger partial charge in [-0.2, -0.15) is 0 Å². The number of ether oxygens (including phenoxy) is 1. The maximum Gasteiger partial charge on any atom is 0.311 e. The molecular formula is C18H38O4. The van der Waals surface area contributed by atoms with Gasteiger partial charge in [0.1, 0.15) is 6.10 Å². The normalized spacial score (nSPS) is 19.0. The minimum atomic E-state index is -0.694. The van der Waals surface area contributed by atoms with Gasteiger partial charge in [0.05, 0.1) is 10.8 Å². The lowest BCUT2D eigenvalue weighted by Gasteiger charge is -2.17. The summed E-state index contributed by atoms with van der Waals surface area (Å²) < 4.78 is 5.09. The van der Waals surface area contributed by atoms with Crippen molar-refractivity contribution in [2.45, 2.75) is 94.6 Å². The third-order valence-electron chi connectivity index (χ3n) is 3.75. The van der Waals surface area contributed by atoms with E-state index in [9.17, 15) is 9.59 Å². The van der Waals surface area contributed by atoms with Gasteiger partial charge in [0, 0.05) is 0 Å². The van der Waals surface area contributed by atoms with Crippen LogP contribution in [0.15, 0.2) is 0 Å². The maximum absolute atomic E-state index is 11.0. The molecule has 0 aromatic carbocycles. The van der Waals surface area contributed by atoms with Crippen molar-refractivity contribution in [2.75, 3.05) is 0 Å². The number of rotatable bonds is 5. The summed E-state index contributed by atoms with van der Waals surface area (Å²) in [5.74, 6) is -0.736. The number of carbonyl (C=O) groups is 2. The highest BCUT2D eigenvalue weighted by Crippen LogP contribution is 2.33. The third-order valence-corrected chi connectivity index (χ3v) is 3.75. The number of esters is 1. The molecule has 1 heterocycles. The molecule has 0 aromatic rings. The molecule has 1 N–H and O–H groups in total. The fourth-order valence-electron chi connectivity index (χ4n) is 1.96. The molecule has 0 saturated carbocycles. The Hall–Kier alpha value is -1.06. The number of carboxylic acids is 1. The zero-order chi connectivity index (χ0) is 16.0. The first kappa shape index (κ1) is 25.9. The van der Waals surface area contributed by atoms with E-state index in [1.54, 1.807) is 13.8 Å². The van der Waals surface area contributed by atoms with Crippen LogP contribution >= 0.6 is 0 Å². The maximum atomic E-state index is 11.0. The van der Waals surface area contributed by atoms with E-state index in [2.05, 4.69) is 6.92 Å². The fourth-order valence-corrected chi connectivity index (χ4v) is 1.96. The van der Waals surface area contributed by atoms with Gasteiger partial charge in [-0.05, 0) is 47.0 Å². The zero-order valence-electron chi connectivity index (χ0n) is 13.8. The second-order valence-corrected chi connectivity index (χ2v) is 6.82. The van der Waals surface area contributed by atoms with Gasteiger partial charge in [0.2, 0.25) is 0 Å².